The highest BCUT2D eigenvalue weighted by molar-refractivity contribution is 5.77. The summed E-state index contributed by atoms with van der Waals surface area (Å²) in [6.45, 7) is 0.844. The van der Waals surface area contributed by atoms with Crippen molar-refractivity contribution in [1.82, 2.24) is 5.32 Å². The zero-order valence-corrected chi connectivity index (χ0v) is 12.3. The number of methoxy groups -OCH3 is 2. The first-order valence-electron chi connectivity index (χ1n) is 7.17. The van der Waals surface area contributed by atoms with Crippen LogP contribution in [0.2, 0.25) is 0 Å². The third-order valence-corrected chi connectivity index (χ3v) is 3.88. The lowest BCUT2D eigenvalue weighted by molar-refractivity contribution is -0.124. The highest BCUT2D eigenvalue weighted by Crippen LogP contribution is 2.35. The molecule has 1 aliphatic rings. The van der Waals surface area contributed by atoms with Gasteiger partial charge < -0.3 is 14.8 Å². The summed E-state index contributed by atoms with van der Waals surface area (Å²) in [6, 6.07) is 6.35. The molecule has 110 valence electrons. The molecule has 0 aromatic heterocycles. The first-order valence-corrected chi connectivity index (χ1v) is 7.17. The van der Waals surface area contributed by atoms with Crippen molar-refractivity contribution >= 4 is 5.91 Å². The Hall–Kier alpha value is -1.55. The van der Waals surface area contributed by atoms with Crippen molar-refractivity contribution in [3.63, 3.8) is 0 Å². The minimum atomic E-state index is -0.0433. The summed E-state index contributed by atoms with van der Waals surface area (Å²) in [7, 11) is 3.23. The maximum atomic E-state index is 11.4. The summed E-state index contributed by atoms with van der Waals surface area (Å²) in [5.41, 5.74) is 2.81. The number of carbonyl (C=O) groups is 1. The van der Waals surface area contributed by atoms with E-state index in [1.807, 2.05) is 6.07 Å². The second kappa shape index (κ2) is 7.29. The number of hydrogen-bond acceptors (Lipinski definition) is 3. The van der Waals surface area contributed by atoms with Crippen LogP contribution in [0, 0.1) is 0 Å². The van der Waals surface area contributed by atoms with Crippen molar-refractivity contribution in [3.05, 3.63) is 29.3 Å². The fraction of sp³-hybridized carbons (Fsp3) is 0.562. The number of hydrogen-bond donors (Lipinski definition) is 1. The molecule has 1 aromatic rings. The molecular formula is C16H23NO3. The third kappa shape index (κ3) is 3.73. The van der Waals surface area contributed by atoms with Crippen molar-refractivity contribution in [3.8, 4) is 5.75 Å². The molecule has 1 amide bonds. The van der Waals surface area contributed by atoms with Crippen LogP contribution in [0.15, 0.2) is 18.2 Å². The van der Waals surface area contributed by atoms with E-state index in [0.717, 1.165) is 18.6 Å². The molecule has 0 bridgehead atoms. The van der Waals surface area contributed by atoms with Gasteiger partial charge in [-0.2, -0.15) is 0 Å². The van der Waals surface area contributed by atoms with Crippen LogP contribution in [0.5, 0.6) is 5.75 Å². The summed E-state index contributed by atoms with van der Waals surface area (Å²) in [6.07, 6.45) is 4.50. The molecule has 1 aromatic carbocycles. The molecule has 1 unspecified atom stereocenters. The Labute approximate surface area is 120 Å². The fourth-order valence-corrected chi connectivity index (χ4v) is 2.89. The van der Waals surface area contributed by atoms with E-state index < -0.39 is 0 Å². The summed E-state index contributed by atoms with van der Waals surface area (Å²) >= 11 is 0. The smallest absolute Gasteiger partial charge is 0.245 e. The Morgan fingerprint density at radius 3 is 3.00 bits per heavy atom. The topological polar surface area (TPSA) is 47.6 Å². The Morgan fingerprint density at radius 1 is 1.40 bits per heavy atom. The van der Waals surface area contributed by atoms with Gasteiger partial charge in [0.1, 0.15) is 12.4 Å². The van der Waals surface area contributed by atoms with Gasteiger partial charge >= 0.3 is 0 Å². The van der Waals surface area contributed by atoms with E-state index in [0.29, 0.717) is 12.5 Å². The zero-order valence-electron chi connectivity index (χ0n) is 12.3. The number of amides is 1. The first-order chi connectivity index (χ1) is 9.74. The van der Waals surface area contributed by atoms with E-state index in [1.165, 1.54) is 31.1 Å². The number of benzene rings is 1. The Kier molecular flexibility index (Phi) is 5.41. The molecule has 2 rings (SSSR count). The van der Waals surface area contributed by atoms with E-state index >= 15 is 0 Å². The maximum Gasteiger partial charge on any atom is 0.245 e. The van der Waals surface area contributed by atoms with Crippen LogP contribution in [0.25, 0.3) is 0 Å². The minimum Gasteiger partial charge on any atom is -0.497 e. The molecule has 0 saturated heterocycles. The Balaban J connectivity index is 1.93. The van der Waals surface area contributed by atoms with Crippen LogP contribution >= 0.6 is 0 Å². The van der Waals surface area contributed by atoms with Crippen LogP contribution in [-0.2, 0) is 16.0 Å². The average Bonchev–Trinajstić information content (AvgIpc) is 2.47. The summed E-state index contributed by atoms with van der Waals surface area (Å²) in [4.78, 5) is 11.4. The van der Waals surface area contributed by atoms with Gasteiger partial charge in [0, 0.05) is 13.7 Å². The second-order valence-corrected chi connectivity index (χ2v) is 5.23. The van der Waals surface area contributed by atoms with Crippen LogP contribution in [0.3, 0.4) is 0 Å². The van der Waals surface area contributed by atoms with Gasteiger partial charge in [-0.3, -0.25) is 4.79 Å². The van der Waals surface area contributed by atoms with E-state index in [9.17, 15) is 4.79 Å². The average molecular weight is 277 g/mol. The molecule has 0 heterocycles. The van der Waals surface area contributed by atoms with E-state index in [4.69, 9.17) is 9.47 Å². The Bertz CT molecular complexity index is 459. The maximum absolute atomic E-state index is 11.4. The van der Waals surface area contributed by atoms with Crippen molar-refractivity contribution in [1.29, 1.82) is 0 Å². The Morgan fingerprint density at radius 2 is 2.25 bits per heavy atom. The van der Waals surface area contributed by atoms with E-state index in [1.54, 1.807) is 7.11 Å². The molecule has 0 spiro atoms. The lowest BCUT2D eigenvalue weighted by Crippen LogP contribution is -2.29. The SMILES string of the molecule is COCC(=O)NCCC1CCCc2cc(OC)ccc21. The van der Waals surface area contributed by atoms with Crippen molar-refractivity contribution in [2.45, 2.75) is 31.6 Å². The van der Waals surface area contributed by atoms with Gasteiger partial charge in [-0.15, -0.1) is 0 Å². The van der Waals surface area contributed by atoms with Crippen LogP contribution in [0.4, 0.5) is 0 Å². The lowest BCUT2D eigenvalue weighted by Gasteiger charge is -2.26. The molecule has 0 fully saturated rings. The first kappa shape index (κ1) is 14.9. The summed E-state index contributed by atoms with van der Waals surface area (Å²) < 4.78 is 10.1. The largest absolute Gasteiger partial charge is 0.497 e. The molecule has 20 heavy (non-hydrogen) atoms. The minimum absolute atomic E-state index is 0.0433. The summed E-state index contributed by atoms with van der Waals surface area (Å²) in [5.74, 6) is 1.42. The molecule has 0 radical (unpaired) electrons. The zero-order chi connectivity index (χ0) is 14.4. The second-order valence-electron chi connectivity index (χ2n) is 5.23. The number of fused-ring (bicyclic) bond motifs is 1. The molecule has 0 aliphatic heterocycles. The molecule has 1 atom stereocenters. The van der Waals surface area contributed by atoms with Crippen molar-refractivity contribution in [2.24, 2.45) is 0 Å². The standard InChI is InChI=1S/C16H23NO3/c1-19-11-16(18)17-9-8-12-4-3-5-13-10-14(20-2)6-7-15(12)13/h6-7,10,12H,3-5,8-9,11H2,1-2H3,(H,17,18). The van der Waals surface area contributed by atoms with Gasteiger partial charge in [-0.25, -0.2) is 0 Å². The van der Waals surface area contributed by atoms with Crippen LogP contribution in [-0.4, -0.2) is 33.3 Å². The highest BCUT2D eigenvalue weighted by atomic mass is 16.5. The number of aryl methyl sites for hydroxylation is 1. The number of rotatable bonds is 6. The van der Waals surface area contributed by atoms with Crippen molar-refractivity contribution < 1.29 is 14.3 Å². The monoisotopic (exact) mass is 277 g/mol. The molecule has 4 heteroatoms. The van der Waals surface area contributed by atoms with Gasteiger partial charge in [-0.1, -0.05) is 6.07 Å². The number of carbonyl (C=O) groups excluding carboxylic acids is 1. The summed E-state index contributed by atoms with van der Waals surface area (Å²) in [5, 5.41) is 2.90. The predicted molar refractivity (Wildman–Crippen MR) is 78.2 cm³/mol. The number of ether oxygens (including phenoxy) is 2. The predicted octanol–water partition coefficient (Wildman–Crippen LogP) is 2.27. The molecular weight excluding hydrogens is 254 g/mol. The van der Waals surface area contributed by atoms with Crippen molar-refractivity contribution in [2.75, 3.05) is 27.4 Å². The lowest BCUT2D eigenvalue weighted by atomic mass is 9.81. The molecule has 0 saturated carbocycles. The highest BCUT2D eigenvalue weighted by Gasteiger charge is 2.20. The quantitative estimate of drug-likeness (QED) is 0.867. The van der Waals surface area contributed by atoms with Gasteiger partial charge in [0.25, 0.3) is 0 Å². The molecule has 1 N–H and O–H groups in total. The van der Waals surface area contributed by atoms with Crippen LogP contribution in [0.1, 0.15) is 36.3 Å². The van der Waals surface area contributed by atoms with E-state index in [-0.39, 0.29) is 12.5 Å². The molecule has 1 aliphatic carbocycles. The van der Waals surface area contributed by atoms with Gasteiger partial charge in [-0.05, 0) is 54.9 Å². The molecule has 4 nitrogen and oxygen atoms in total. The third-order valence-electron chi connectivity index (χ3n) is 3.88. The number of nitrogens with one attached hydrogen (secondary N) is 1. The fourth-order valence-electron chi connectivity index (χ4n) is 2.89. The van der Waals surface area contributed by atoms with Gasteiger partial charge in [0.05, 0.1) is 7.11 Å². The normalized spacial score (nSPS) is 17.4. The van der Waals surface area contributed by atoms with E-state index in [2.05, 4.69) is 17.4 Å². The van der Waals surface area contributed by atoms with Crippen LogP contribution < -0.4 is 10.1 Å². The van der Waals surface area contributed by atoms with Gasteiger partial charge in [0.2, 0.25) is 5.91 Å². The van der Waals surface area contributed by atoms with Gasteiger partial charge in [0.15, 0.2) is 0 Å².